The van der Waals surface area contributed by atoms with Gasteiger partial charge in [-0.1, -0.05) is 0 Å². The second-order valence-electron chi connectivity index (χ2n) is 4.27. The largest absolute Gasteiger partial charge is 0.373 e. The van der Waals surface area contributed by atoms with Gasteiger partial charge in [0.25, 0.3) is 0 Å². The minimum Gasteiger partial charge on any atom is -0.373 e. The lowest BCUT2D eigenvalue weighted by Crippen LogP contribution is -2.44. The highest BCUT2D eigenvalue weighted by Gasteiger charge is 2.24. The normalized spacial score (nSPS) is 23.7. The summed E-state index contributed by atoms with van der Waals surface area (Å²) in [5, 5.41) is 15.4. The molecule has 0 bridgehead atoms. The van der Waals surface area contributed by atoms with Crippen molar-refractivity contribution in [3.05, 3.63) is 11.6 Å². The number of hydrogen-bond acceptors (Lipinski definition) is 5. The highest BCUT2D eigenvalue weighted by Crippen LogP contribution is 2.24. The predicted octanol–water partition coefficient (Wildman–Crippen LogP) is -0.197. The Labute approximate surface area is 100 Å². The molecule has 2 aliphatic heterocycles. The molecule has 1 saturated heterocycles. The molecule has 0 radical (unpaired) electrons. The van der Waals surface area contributed by atoms with Gasteiger partial charge in [0.15, 0.2) is 0 Å². The standard InChI is InChI=1S/C11H19FN4O/c1-13-11(17)8-2-3-9(10(12)15-8)16-6-4-14-5-7-16/h11,13-14,17H,2-7H2,1H3. The topological polar surface area (TPSA) is 59.9 Å². The molecule has 0 amide bonds. The van der Waals surface area contributed by atoms with Crippen LogP contribution in [0.2, 0.25) is 0 Å². The molecule has 0 saturated carbocycles. The van der Waals surface area contributed by atoms with E-state index in [1.54, 1.807) is 7.05 Å². The minimum atomic E-state index is -0.842. The van der Waals surface area contributed by atoms with Crippen LogP contribution in [-0.4, -0.2) is 55.2 Å². The summed E-state index contributed by atoms with van der Waals surface area (Å²) in [5.74, 6) is -0.442. The predicted molar refractivity (Wildman–Crippen MR) is 64.3 cm³/mol. The first-order chi connectivity index (χ1) is 8.22. The van der Waals surface area contributed by atoms with Crippen LogP contribution < -0.4 is 10.6 Å². The first kappa shape index (κ1) is 12.5. The number of rotatable bonds is 3. The number of aliphatic imine (C=N–C) groups is 1. The molecule has 2 aliphatic rings. The summed E-state index contributed by atoms with van der Waals surface area (Å²) in [6.45, 7) is 3.41. The van der Waals surface area contributed by atoms with Gasteiger partial charge in [0.05, 0.1) is 11.4 Å². The van der Waals surface area contributed by atoms with Gasteiger partial charge < -0.3 is 15.3 Å². The van der Waals surface area contributed by atoms with E-state index in [1.165, 1.54) is 0 Å². The third-order valence-electron chi connectivity index (χ3n) is 3.19. The van der Waals surface area contributed by atoms with E-state index in [0.29, 0.717) is 24.3 Å². The van der Waals surface area contributed by atoms with Crippen LogP contribution in [0.3, 0.4) is 0 Å². The number of halogens is 1. The van der Waals surface area contributed by atoms with E-state index in [0.717, 1.165) is 26.2 Å². The van der Waals surface area contributed by atoms with E-state index in [2.05, 4.69) is 15.6 Å². The third kappa shape index (κ3) is 2.83. The molecular formula is C11H19FN4O. The summed E-state index contributed by atoms with van der Waals surface area (Å²) in [6, 6.07) is 0. The summed E-state index contributed by atoms with van der Waals surface area (Å²) < 4.78 is 13.9. The summed E-state index contributed by atoms with van der Waals surface area (Å²) >= 11 is 0. The number of nitrogens with one attached hydrogen (secondary N) is 2. The fourth-order valence-electron chi connectivity index (χ4n) is 2.18. The molecule has 1 fully saturated rings. The molecule has 96 valence electrons. The average molecular weight is 242 g/mol. The van der Waals surface area contributed by atoms with Crippen molar-refractivity contribution in [2.45, 2.75) is 19.1 Å². The molecule has 1 unspecified atom stereocenters. The molecule has 0 aromatic rings. The minimum absolute atomic E-state index is 0.442. The van der Waals surface area contributed by atoms with Gasteiger partial charge >= 0.3 is 0 Å². The van der Waals surface area contributed by atoms with Crippen LogP contribution in [0.4, 0.5) is 4.39 Å². The molecule has 0 aliphatic carbocycles. The van der Waals surface area contributed by atoms with E-state index >= 15 is 0 Å². The van der Waals surface area contributed by atoms with Gasteiger partial charge in [-0.05, 0) is 19.9 Å². The molecule has 6 heteroatoms. The molecule has 0 aromatic heterocycles. The van der Waals surface area contributed by atoms with Crippen molar-refractivity contribution >= 4 is 5.71 Å². The molecule has 2 heterocycles. The highest BCUT2D eigenvalue weighted by molar-refractivity contribution is 5.89. The van der Waals surface area contributed by atoms with Gasteiger partial charge in [0.2, 0.25) is 5.95 Å². The Morgan fingerprint density at radius 1 is 1.41 bits per heavy atom. The first-order valence-corrected chi connectivity index (χ1v) is 5.99. The number of allylic oxidation sites excluding steroid dienone is 1. The van der Waals surface area contributed by atoms with Gasteiger partial charge in [0.1, 0.15) is 6.23 Å². The maximum Gasteiger partial charge on any atom is 0.232 e. The van der Waals surface area contributed by atoms with Gasteiger partial charge in [-0.2, -0.15) is 4.39 Å². The van der Waals surface area contributed by atoms with Crippen molar-refractivity contribution in [3.8, 4) is 0 Å². The van der Waals surface area contributed by atoms with Crippen LogP contribution in [0.25, 0.3) is 0 Å². The SMILES string of the molecule is CNC(O)C1=NC(F)=C(N2CCNCC2)CC1. The molecule has 0 spiro atoms. The monoisotopic (exact) mass is 242 g/mol. The Kier molecular flexibility index (Phi) is 4.09. The van der Waals surface area contributed by atoms with Crippen molar-refractivity contribution in [2.24, 2.45) is 4.99 Å². The van der Waals surface area contributed by atoms with Crippen LogP contribution in [0, 0.1) is 0 Å². The maximum absolute atomic E-state index is 13.9. The summed E-state index contributed by atoms with van der Waals surface area (Å²) in [4.78, 5) is 5.90. The number of piperazine rings is 1. The van der Waals surface area contributed by atoms with Crippen LogP contribution in [-0.2, 0) is 0 Å². The fourth-order valence-corrected chi connectivity index (χ4v) is 2.18. The van der Waals surface area contributed by atoms with Crippen molar-refractivity contribution < 1.29 is 9.50 Å². The fraction of sp³-hybridized carbons (Fsp3) is 0.727. The van der Waals surface area contributed by atoms with E-state index in [4.69, 9.17) is 0 Å². The average Bonchev–Trinajstić information content (AvgIpc) is 2.38. The zero-order valence-corrected chi connectivity index (χ0v) is 10.0. The molecule has 3 N–H and O–H groups in total. The van der Waals surface area contributed by atoms with E-state index in [9.17, 15) is 9.50 Å². The van der Waals surface area contributed by atoms with Crippen LogP contribution in [0.15, 0.2) is 16.6 Å². The van der Waals surface area contributed by atoms with Gasteiger partial charge in [-0.15, -0.1) is 0 Å². The zero-order valence-electron chi connectivity index (χ0n) is 10.0. The molecule has 0 aromatic carbocycles. The van der Waals surface area contributed by atoms with Crippen LogP contribution in [0.5, 0.6) is 0 Å². The molecular weight excluding hydrogens is 223 g/mol. The maximum atomic E-state index is 13.9. The van der Waals surface area contributed by atoms with Gasteiger partial charge in [-0.25, -0.2) is 4.99 Å². The highest BCUT2D eigenvalue weighted by atomic mass is 19.1. The molecule has 17 heavy (non-hydrogen) atoms. The van der Waals surface area contributed by atoms with Gasteiger partial charge in [0, 0.05) is 26.2 Å². The van der Waals surface area contributed by atoms with Crippen LogP contribution >= 0.6 is 0 Å². The van der Waals surface area contributed by atoms with E-state index in [-0.39, 0.29) is 0 Å². The van der Waals surface area contributed by atoms with E-state index < -0.39 is 12.2 Å². The quantitative estimate of drug-likeness (QED) is 0.474. The summed E-state index contributed by atoms with van der Waals surface area (Å²) in [7, 11) is 1.63. The zero-order chi connectivity index (χ0) is 12.3. The second kappa shape index (κ2) is 5.57. The number of hydrogen-bond donors (Lipinski definition) is 3. The Bertz CT molecular complexity index is 336. The van der Waals surface area contributed by atoms with Gasteiger partial charge in [-0.3, -0.25) is 5.32 Å². The smallest absolute Gasteiger partial charge is 0.232 e. The Morgan fingerprint density at radius 2 is 2.12 bits per heavy atom. The Morgan fingerprint density at radius 3 is 2.71 bits per heavy atom. The van der Waals surface area contributed by atoms with Crippen molar-refractivity contribution in [2.75, 3.05) is 33.2 Å². The lowest BCUT2D eigenvalue weighted by molar-refractivity contribution is 0.209. The lowest BCUT2D eigenvalue weighted by Gasteiger charge is -2.33. The summed E-state index contributed by atoms with van der Waals surface area (Å²) in [5.41, 5.74) is 1.16. The third-order valence-corrected chi connectivity index (χ3v) is 3.19. The molecule has 5 nitrogen and oxygen atoms in total. The lowest BCUT2D eigenvalue weighted by atomic mass is 10.1. The first-order valence-electron chi connectivity index (χ1n) is 5.99. The number of nitrogens with zero attached hydrogens (tertiary/aromatic N) is 2. The Balaban J connectivity index is 2.10. The second-order valence-corrected chi connectivity index (χ2v) is 4.27. The van der Waals surface area contributed by atoms with Crippen molar-refractivity contribution in [1.29, 1.82) is 0 Å². The van der Waals surface area contributed by atoms with E-state index in [1.807, 2.05) is 4.90 Å². The number of aliphatic hydroxyl groups excluding tert-OH is 1. The molecule has 2 rings (SSSR count). The summed E-state index contributed by atoms with van der Waals surface area (Å²) in [6.07, 6.45) is 0.378. The molecule has 1 atom stereocenters. The van der Waals surface area contributed by atoms with Crippen molar-refractivity contribution in [1.82, 2.24) is 15.5 Å². The van der Waals surface area contributed by atoms with Crippen molar-refractivity contribution in [3.63, 3.8) is 0 Å². The number of aliphatic hydroxyl groups is 1. The Hall–Kier alpha value is -0.980. The van der Waals surface area contributed by atoms with Crippen LogP contribution in [0.1, 0.15) is 12.8 Å².